The molecule has 0 saturated heterocycles. The molecule has 0 spiro atoms. The van der Waals surface area contributed by atoms with Gasteiger partial charge in [-0.25, -0.2) is 0 Å². The molecule has 52 valence electrons. The van der Waals surface area contributed by atoms with Crippen LogP contribution in [0.5, 0.6) is 0 Å². The predicted octanol–water partition coefficient (Wildman–Crippen LogP) is 1.83. The number of hydrogen-bond acceptors (Lipinski definition) is 3. The average Bonchev–Trinajstić information content (AvgIpc) is 1.87. The van der Waals surface area contributed by atoms with Crippen LogP contribution in [0.3, 0.4) is 0 Å². The molecule has 0 aliphatic heterocycles. The van der Waals surface area contributed by atoms with E-state index in [-0.39, 0.29) is 0 Å². The van der Waals surface area contributed by atoms with Crippen molar-refractivity contribution in [3.63, 3.8) is 0 Å². The zero-order valence-corrected chi connectivity index (χ0v) is 6.74. The molecule has 0 saturated carbocycles. The van der Waals surface area contributed by atoms with E-state index >= 15 is 0 Å². The molecule has 1 N–H and O–H groups in total. The van der Waals surface area contributed by atoms with Gasteiger partial charge in [-0.15, -0.1) is 0 Å². The van der Waals surface area contributed by atoms with Gasteiger partial charge in [-0.05, 0) is 0 Å². The first-order valence-corrected chi connectivity index (χ1v) is 4.59. The molecular weight excluding hydrogens is 174 g/mol. The summed E-state index contributed by atoms with van der Waals surface area (Å²) >= 11 is 9.62. The Morgan fingerprint density at radius 2 is 1.88 bits per heavy atom. The first-order valence-electron chi connectivity index (χ1n) is 2.00. The van der Waals surface area contributed by atoms with E-state index < -0.39 is 7.94 Å². The van der Waals surface area contributed by atoms with Gasteiger partial charge < -0.3 is 0 Å². The van der Waals surface area contributed by atoms with Gasteiger partial charge in [-0.2, -0.15) is 0 Å². The second kappa shape index (κ2) is 3.83. The molecule has 0 aliphatic rings. The molecule has 0 rings (SSSR count). The van der Waals surface area contributed by atoms with Gasteiger partial charge in [0.05, 0.1) is 0 Å². The van der Waals surface area contributed by atoms with E-state index in [0.717, 1.165) is 0 Å². The van der Waals surface area contributed by atoms with Crippen LogP contribution in [0.25, 0.3) is 0 Å². The van der Waals surface area contributed by atoms with Crippen molar-refractivity contribution in [2.75, 3.05) is 6.16 Å². The second-order valence-corrected chi connectivity index (χ2v) is 4.59. The molecule has 0 aliphatic carbocycles. The zero-order valence-electron chi connectivity index (χ0n) is 4.23. The van der Waals surface area contributed by atoms with Crippen LogP contribution in [0.15, 0.2) is 0 Å². The average molecular weight is 181 g/mol. The third-order valence-corrected chi connectivity index (χ3v) is 3.51. The summed E-state index contributed by atoms with van der Waals surface area (Å²) in [5.41, 5.74) is 0. The van der Waals surface area contributed by atoms with Crippen molar-refractivity contribution in [2.24, 2.45) is 0 Å². The Morgan fingerprint density at radius 1 is 1.50 bits per heavy atom. The molecule has 0 bridgehead atoms. The van der Waals surface area contributed by atoms with Gasteiger partial charge in [0, 0.05) is 0 Å². The monoisotopic (exact) mass is 180 g/mol. The zero-order chi connectivity index (χ0) is 6.62. The fourth-order valence-corrected chi connectivity index (χ4v) is 1.30. The molecule has 3 nitrogen and oxygen atoms in total. The fourth-order valence-electron chi connectivity index (χ4n) is 0.121. The maximum atomic E-state index is 8.87. The van der Waals surface area contributed by atoms with Gasteiger partial charge in [-0.3, -0.25) is 0 Å². The standard InChI is InChI=1S/C2H7Cl2O3P/c1-2-8(5,6-3)7-4/h5,8H,2H2,1H3. The van der Waals surface area contributed by atoms with Crippen molar-refractivity contribution in [1.29, 1.82) is 0 Å². The Kier molecular flexibility index (Phi) is 4.26. The molecule has 0 aromatic heterocycles. The van der Waals surface area contributed by atoms with Crippen LogP contribution in [0.1, 0.15) is 6.92 Å². The minimum absolute atomic E-state index is 0.306. The number of halogens is 2. The third kappa shape index (κ3) is 2.44. The summed E-state index contributed by atoms with van der Waals surface area (Å²) in [5.74, 6) is 0. The van der Waals surface area contributed by atoms with E-state index in [1.807, 2.05) is 0 Å². The summed E-state index contributed by atoms with van der Waals surface area (Å²) in [5, 5.41) is 0. The van der Waals surface area contributed by atoms with E-state index in [1.165, 1.54) is 0 Å². The van der Waals surface area contributed by atoms with Crippen LogP contribution in [0.2, 0.25) is 0 Å². The number of hydrogen-bond donors (Lipinski definition) is 1. The number of rotatable bonds is 3. The molecule has 8 heavy (non-hydrogen) atoms. The predicted molar refractivity (Wildman–Crippen MR) is 35.0 cm³/mol. The topological polar surface area (TPSA) is 38.7 Å². The molecule has 0 aromatic rings. The minimum atomic E-state index is -3.14. The third-order valence-electron chi connectivity index (χ3n) is 0.688. The SMILES string of the molecule is CC[PH](O)(OCl)OCl. The molecule has 0 atom stereocenters. The van der Waals surface area contributed by atoms with Gasteiger partial charge in [-0.1, -0.05) is 0 Å². The summed E-state index contributed by atoms with van der Waals surface area (Å²) in [6.07, 6.45) is 0.306. The van der Waals surface area contributed by atoms with Crippen molar-refractivity contribution >= 4 is 31.7 Å². The Morgan fingerprint density at radius 3 is 1.88 bits per heavy atom. The van der Waals surface area contributed by atoms with E-state index in [4.69, 9.17) is 28.6 Å². The quantitative estimate of drug-likeness (QED) is 0.675. The van der Waals surface area contributed by atoms with Crippen molar-refractivity contribution in [3.8, 4) is 0 Å². The first-order chi connectivity index (χ1) is 3.68. The van der Waals surface area contributed by atoms with E-state index in [0.29, 0.717) is 6.16 Å². The summed E-state index contributed by atoms with van der Waals surface area (Å²) in [6.45, 7) is 1.66. The van der Waals surface area contributed by atoms with Crippen LogP contribution in [-0.4, -0.2) is 11.1 Å². The van der Waals surface area contributed by atoms with Crippen LogP contribution < -0.4 is 0 Å². The van der Waals surface area contributed by atoms with Crippen LogP contribution >= 0.6 is 31.7 Å². The van der Waals surface area contributed by atoms with Crippen molar-refractivity contribution < 1.29 is 13.0 Å². The molecule has 0 heterocycles. The Bertz CT molecular complexity index is 58.0. The Labute approximate surface area is 58.4 Å². The Balaban J connectivity index is 3.58. The van der Waals surface area contributed by atoms with Crippen LogP contribution in [-0.2, 0) is 8.15 Å². The van der Waals surface area contributed by atoms with E-state index in [1.54, 1.807) is 6.92 Å². The molecule has 0 unspecified atom stereocenters. The second-order valence-electron chi connectivity index (χ2n) is 1.22. The van der Waals surface area contributed by atoms with Crippen LogP contribution in [0.4, 0.5) is 0 Å². The summed E-state index contributed by atoms with van der Waals surface area (Å²) in [4.78, 5) is 8.87. The van der Waals surface area contributed by atoms with Gasteiger partial charge in [0.25, 0.3) is 0 Å². The maximum absolute atomic E-state index is 8.87. The summed E-state index contributed by atoms with van der Waals surface area (Å²) in [7, 11) is -3.14. The molecule has 6 heteroatoms. The van der Waals surface area contributed by atoms with Gasteiger partial charge >= 0.3 is 57.8 Å². The van der Waals surface area contributed by atoms with Gasteiger partial charge in [0.15, 0.2) is 0 Å². The van der Waals surface area contributed by atoms with E-state index in [9.17, 15) is 0 Å². The molecular formula is C2H7Cl2O3P. The fraction of sp³-hybridized carbons (Fsp3) is 1.00. The van der Waals surface area contributed by atoms with Crippen LogP contribution in [0, 0.1) is 0 Å². The van der Waals surface area contributed by atoms with Crippen molar-refractivity contribution in [2.45, 2.75) is 6.92 Å². The molecule has 0 aromatic carbocycles. The summed E-state index contributed by atoms with van der Waals surface area (Å²) < 4.78 is 8.10. The van der Waals surface area contributed by atoms with E-state index in [2.05, 4.69) is 8.15 Å². The van der Waals surface area contributed by atoms with Gasteiger partial charge in [0.2, 0.25) is 0 Å². The normalized spacial score (nSPS) is 14.0. The van der Waals surface area contributed by atoms with Gasteiger partial charge in [0.1, 0.15) is 0 Å². The van der Waals surface area contributed by atoms with Crippen molar-refractivity contribution in [1.82, 2.24) is 0 Å². The Hall–Kier alpha value is 0.890. The molecule has 0 amide bonds. The van der Waals surface area contributed by atoms with Crippen molar-refractivity contribution in [3.05, 3.63) is 0 Å². The first kappa shape index (κ1) is 8.89. The summed E-state index contributed by atoms with van der Waals surface area (Å²) in [6, 6.07) is 0. The molecule has 0 fully saturated rings. The molecule has 0 radical (unpaired) electrons.